The molecule has 0 aliphatic heterocycles. The molecule has 0 radical (unpaired) electrons. The van der Waals surface area contributed by atoms with Crippen molar-refractivity contribution in [2.45, 2.75) is 20.3 Å². The minimum absolute atomic E-state index is 0.776. The van der Waals surface area contributed by atoms with Gasteiger partial charge in [0.15, 0.2) is 0 Å². The Bertz CT molecular complexity index is 836. The molecule has 0 spiro atoms. The largest absolute Gasteiger partial charge is 0.381 e. The van der Waals surface area contributed by atoms with Crippen LogP contribution in [0, 0.1) is 0 Å². The highest BCUT2D eigenvalue weighted by molar-refractivity contribution is 5.60. The van der Waals surface area contributed by atoms with E-state index in [0.717, 1.165) is 46.3 Å². The van der Waals surface area contributed by atoms with E-state index in [-0.39, 0.29) is 0 Å². The van der Waals surface area contributed by atoms with Gasteiger partial charge in [-0.05, 0) is 50.6 Å². The summed E-state index contributed by atoms with van der Waals surface area (Å²) in [5.41, 5.74) is 3.29. The third kappa shape index (κ3) is 4.59. The molecule has 2 N–H and O–H groups in total. The standard InChI is InChI=1S/C21H25N3/c1-5-8-10-16(4)15-22-18-13-11-17(12-14-18)21-23-19(7-3)20(24-21)9-6-2/h5-9,11-14,22H,2,4,10,15H2,1,3H3,(H,23,24)/b8-5-,19-7+,20-9+. The van der Waals surface area contributed by atoms with Crippen molar-refractivity contribution in [3.8, 4) is 11.4 Å². The van der Waals surface area contributed by atoms with Crippen molar-refractivity contribution < 1.29 is 0 Å². The van der Waals surface area contributed by atoms with Gasteiger partial charge in [0, 0.05) is 17.8 Å². The summed E-state index contributed by atoms with van der Waals surface area (Å²) in [6, 6.07) is 8.25. The topological polar surface area (TPSA) is 40.7 Å². The molecule has 1 aromatic heterocycles. The number of nitrogens with one attached hydrogen (secondary N) is 2. The Balaban J connectivity index is 2.11. The van der Waals surface area contributed by atoms with Crippen molar-refractivity contribution in [1.29, 1.82) is 0 Å². The van der Waals surface area contributed by atoms with Crippen LogP contribution in [0.1, 0.15) is 20.3 Å². The quantitative estimate of drug-likeness (QED) is 0.763. The highest BCUT2D eigenvalue weighted by atomic mass is 14.9. The van der Waals surface area contributed by atoms with E-state index in [4.69, 9.17) is 0 Å². The Labute approximate surface area is 143 Å². The first-order chi connectivity index (χ1) is 11.7. The summed E-state index contributed by atoms with van der Waals surface area (Å²) in [5, 5.41) is 5.30. The van der Waals surface area contributed by atoms with Gasteiger partial charge in [0.1, 0.15) is 5.82 Å². The summed E-state index contributed by atoms with van der Waals surface area (Å²) in [5.74, 6) is 0.861. The number of aromatic amines is 1. The van der Waals surface area contributed by atoms with Crippen molar-refractivity contribution in [2.24, 2.45) is 0 Å². The minimum Gasteiger partial charge on any atom is -0.381 e. The van der Waals surface area contributed by atoms with Crippen LogP contribution in [-0.4, -0.2) is 16.5 Å². The minimum atomic E-state index is 0.776. The van der Waals surface area contributed by atoms with Gasteiger partial charge in [0.2, 0.25) is 0 Å². The zero-order chi connectivity index (χ0) is 17.4. The van der Waals surface area contributed by atoms with E-state index in [9.17, 15) is 0 Å². The summed E-state index contributed by atoms with van der Waals surface area (Å²) < 4.78 is 0. The third-order valence-corrected chi connectivity index (χ3v) is 3.66. The van der Waals surface area contributed by atoms with Gasteiger partial charge in [-0.1, -0.05) is 43.0 Å². The summed E-state index contributed by atoms with van der Waals surface area (Å²) in [6.45, 7) is 12.6. The molecule has 0 aliphatic carbocycles. The third-order valence-electron chi connectivity index (χ3n) is 3.66. The monoisotopic (exact) mass is 319 g/mol. The molecule has 24 heavy (non-hydrogen) atoms. The molecule has 0 unspecified atom stereocenters. The lowest BCUT2D eigenvalue weighted by Crippen LogP contribution is -2.23. The molecule has 0 saturated carbocycles. The lowest BCUT2D eigenvalue weighted by Gasteiger charge is -2.08. The van der Waals surface area contributed by atoms with E-state index in [1.54, 1.807) is 6.08 Å². The van der Waals surface area contributed by atoms with Crippen LogP contribution in [0.15, 0.2) is 61.2 Å². The molecule has 1 heterocycles. The number of hydrogen-bond donors (Lipinski definition) is 2. The van der Waals surface area contributed by atoms with Crippen molar-refractivity contribution in [3.63, 3.8) is 0 Å². The van der Waals surface area contributed by atoms with E-state index in [2.05, 4.69) is 58.8 Å². The summed E-state index contributed by atoms with van der Waals surface area (Å²) in [4.78, 5) is 7.95. The number of hydrogen-bond acceptors (Lipinski definition) is 2. The molecule has 0 aliphatic rings. The number of benzene rings is 1. The van der Waals surface area contributed by atoms with Crippen LogP contribution in [-0.2, 0) is 0 Å². The van der Waals surface area contributed by atoms with E-state index in [1.165, 1.54) is 0 Å². The van der Waals surface area contributed by atoms with E-state index < -0.39 is 0 Å². The fourth-order valence-corrected chi connectivity index (χ4v) is 2.33. The number of nitrogens with zero attached hydrogens (tertiary/aromatic N) is 1. The lowest BCUT2D eigenvalue weighted by molar-refractivity contribution is 1.12. The van der Waals surface area contributed by atoms with E-state index in [0.29, 0.717) is 0 Å². The molecule has 0 atom stereocenters. The highest BCUT2D eigenvalue weighted by Gasteiger charge is 2.02. The molecule has 0 bridgehead atoms. The number of allylic oxidation sites excluding steroid dienone is 3. The predicted octanol–water partition coefficient (Wildman–Crippen LogP) is 3.78. The van der Waals surface area contributed by atoms with Gasteiger partial charge in [0.25, 0.3) is 0 Å². The molecule has 0 amide bonds. The van der Waals surface area contributed by atoms with Gasteiger partial charge in [-0.25, -0.2) is 4.98 Å². The van der Waals surface area contributed by atoms with Crippen molar-refractivity contribution in [1.82, 2.24) is 9.97 Å². The first kappa shape index (κ1) is 17.5. The van der Waals surface area contributed by atoms with Crippen LogP contribution < -0.4 is 16.0 Å². The lowest BCUT2D eigenvalue weighted by atomic mass is 10.1. The zero-order valence-corrected chi connectivity index (χ0v) is 14.5. The van der Waals surface area contributed by atoms with E-state index in [1.807, 2.05) is 32.1 Å². The van der Waals surface area contributed by atoms with Crippen LogP contribution in [0.3, 0.4) is 0 Å². The van der Waals surface area contributed by atoms with Crippen LogP contribution in [0.25, 0.3) is 23.5 Å². The summed E-state index contributed by atoms with van der Waals surface area (Å²) >= 11 is 0. The maximum atomic E-state index is 4.62. The maximum absolute atomic E-state index is 4.62. The van der Waals surface area contributed by atoms with Crippen molar-refractivity contribution in [2.75, 3.05) is 11.9 Å². The van der Waals surface area contributed by atoms with Crippen LogP contribution in [0.4, 0.5) is 5.69 Å². The Morgan fingerprint density at radius 2 is 2.00 bits per heavy atom. The Morgan fingerprint density at radius 3 is 2.62 bits per heavy atom. The van der Waals surface area contributed by atoms with Crippen molar-refractivity contribution >= 4 is 17.8 Å². The molecule has 3 nitrogen and oxygen atoms in total. The molecular weight excluding hydrogens is 294 g/mol. The van der Waals surface area contributed by atoms with Gasteiger partial charge in [-0.2, -0.15) is 0 Å². The summed E-state index contributed by atoms with van der Waals surface area (Å²) in [7, 11) is 0. The number of imidazole rings is 1. The van der Waals surface area contributed by atoms with Gasteiger partial charge in [0.05, 0.1) is 10.7 Å². The summed E-state index contributed by atoms with van der Waals surface area (Å²) in [6.07, 6.45) is 10.7. The molecular formula is C21H25N3. The Hall–Kier alpha value is -2.81. The average molecular weight is 319 g/mol. The Morgan fingerprint density at radius 1 is 1.25 bits per heavy atom. The first-order valence-electron chi connectivity index (χ1n) is 8.15. The normalized spacial score (nSPS) is 12.8. The smallest absolute Gasteiger partial charge is 0.138 e. The number of H-pyrrole nitrogens is 1. The van der Waals surface area contributed by atoms with Gasteiger partial charge in [-0.3, -0.25) is 0 Å². The van der Waals surface area contributed by atoms with Gasteiger partial charge >= 0.3 is 0 Å². The fraction of sp³-hybridized carbons (Fsp3) is 0.190. The number of aromatic nitrogens is 2. The molecule has 3 heteroatoms. The second-order valence-corrected chi connectivity index (χ2v) is 5.53. The molecule has 0 fully saturated rings. The second-order valence-electron chi connectivity index (χ2n) is 5.53. The molecule has 2 aromatic rings. The maximum Gasteiger partial charge on any atom is 0.138 e. The fourth-order valence-electron chi connectivity index (χ4n) is 2.33. The van der Waals surface area contributed by atoms with E-state index >= 15 is 0 Å². The molecule has 1 aromatic carbocycles. The average Bonchev–Trinajstić information content (AvgIpc) is 3.02. The molecule has 124 valence electrons. The molecule has 0 saturated heterocycles. The van der Waals surface area contributed by atoms with Crippen LogP contribution in [0.5, 0.6) is 0 Å². The first-order valence-corrected chi connectivity index (χ1v) is 8.15. The van der Waals surface area contributed by atoms with Crippen LogP contribution in [0.2, 0.25) is 0 Å². The van der Waals surface area contributed by atoms with Gasteiger partial charge < -0.3 is 10.3 Å². The Kier molecular flexibility index (Phi) is 6.38. The predicted molar refractivity (Wildman–Crippen MR) is 105 cm³/mol. The van der Waals surface area contributed by atoms with Crippen molar-refractivity contribution in [3.05, 3.63) is 71.9 Å². The van der Waals surface area contributed by atoms with Gasteiger partial charge in [-0.15, -0.1) is 0 Å². The highest BCUT2D eigenvalue weighted by Crippen LogP contribution is 2.17. The second kappa shape index (κ2) is 8.73. The van der Waals surface area contributed by atoms with Crippen LogP contribution >= 0.6 is 0 Å². The number of rotatable bonds is 7. The molecule has 2 rings (SSSR count). The zero-order valence-electron chi connectivity index (χ0n) is 14.5. The number of anilines is 1. The SMILES string of the molecule is C=C/C=c1/[nH]c(-c2ccc(NCC(=C)C/C=C\C)cc2)n/c1=C/C.